The highest BCUT2D eigenvalue weighted by Crippen LogP contribution is 2.44. The number of nitro groups is 1. The molecule has 0 aliphatic rings. The lowest BCUT2D eigenvalue weighted by atomic mass is 9.81. The summed E-state index contributed by atoms with van der Waals surface area (Å²) < 4.78 is 17.2. The van der Waals surface area contributed by atoms with E-state index in [-0.39, 0.29) is 18.0 Å². The minimum atomic E-state index is -1.76. The van der Waals surface area contributed by atoms with Gasteiger partial charge >= 0.3 is 5.97 Å². The largest absolute Gasteiger partial charge is 0.506 e. The zero-order valence-corrected chi connectivity index (χ0v) is 21.4. The van der Waals surface area contributed by atoms with Gasteiger partial charge in [0.1, 0.15) is 11.5 Å². The number of nitrogens with zero attached hydrogens (tertiary/aromatic N) is 1. The topological polar surface area (TPSA) is 120 Å². The van der Waals surface area contributed by atoms with Crippen LogP contribution in [0.25, 0.3) is 0 Å². The van der Waals surface area contributed by atoms with Crippen molar-refractivity contribution in [1.82, 2.24) is 0 Å². The van der Waals surface area contributed by atoms with Crippen LogP contribution >= 0.6 is 0 Å². The van der Waals surface area contributed by atoms with Crippen LogP contribution in [0.15, 0.2) is 103 Å². The van der Waals surface area contributed by atoms with Gasteiger partial charge in [0.25, 0.3) is 5.69 Å². The van der Waals surface area contributed by atoms with Crippen molar-refractivity contribution in [3.8, 4) is 11.5 Å². The Morgan fingerprint density at radius 3 is 2.15 bits per heavy atom. The van der Waals surface area contributed by atoms with Crippen molar-refractivity contribution in [1.29, 1.82) is 0 Å². The number of nitrogens with one attached hydrogen (secondary N) is 1. The molecule has 0 aromatic heterocycles. The number of carbonyl (C=O) groups is 1. The van der Waals surface area contributed by atoms with Crippen molar-refractivity contribution in [2.24, 2.45) is 0 Å². The Morgan fingerprint density at radius 1 is 0.923 bits per heavy atom. The van der Waals surface area contributed by atoms with Gasteiger partial charge in [0, 0.05) is 12.1 Å². The molecule has 0 spiro atoms. The molecule has 0 radical (unpaired) electrons. The summed E-state index contributed by atoms with van der Waals surface area (Å²) in [6, 6.07) is 27.7. The van der Waals surface area contributed by atoms with Gasteiger partial charge in [-0.2, -0.15) is 0 Å². The summed E-state index contributed by atoms with van der Waals surface area (Å²) in [6.07, 6.45) is 0. The number of rotatable bonds is 11. The summed E-state index contributed by atoms with van der Waals surface area (Å²) >= 11 is 0. The number of phenolic OH excluding ortho intramolecular Hbond substituents is 1. The van der Waals surface area contributed by atoms with Crippen molar-refractivity contribution >= 4 is 17.3 Å². The Balaban J connectivity index is 1.89. The van der Waals surface area contributed by atoms with Crippen molar-refractivity contribution in [2.45, 2.75) is 18.2 Å². The molecule has 39 heavy (non-hydrogen) atoms. The van der Waals surface area contributed by atoms with E-state index in [4.69, 9.17) is 14.2 Å². The van der Waals surface area contributed by atoms with Crippen molar-refractivity contribution in [3.63, 3.8) is 0 Å². The minimum absolute atomic E-state index is 0.0155. The Kier molecular flexibility index (Phi) is 8.43. The Bertz CT molecular complexity index is 1410. The molecule has 2 atom stereocenters. The third-order valence-corrected chi connectivity index (χ3v) is 6.36. The first-order valence-electron chi connectivity index (χ1n) is 12.1. The van der Waals surface area contributed by atoms with Crippen LogP contribution in [0.3, 0.4) is 0 Å². The van der Waals surface area contributed by atoms with Gasteiger partial charge in [0.15, 0.2) is 0 Å². The van der Waals surface area contributed by atoms with Gasteiger partial charge in [-0.25, -0.2) is 4.79 Å². The van der Waals surface area contributed by atoms with Gasteiger partial charge in [-0.1, -0.05) is 54.6 Å². The number of ether oxygens (including phenoxy) is 3. The molecule has 2 N–H and O–H groups in total. The van der Waals surface area contributed by atoms with Crippen LogP contribution < -0.4 is 10.1 Å². The normalized spacial score (nSPS) is 13.1. The second kappa shape index (κ2) is 12.1. The predicted molar refractivity (Wildman–Crippen MR) is 145 cm³/mol. The summed E-state index contributed by atoms with van der Waals surface area (Å²) in [5.74, 6) is -0.0761. The zero-order valence-electron chi connectivity index (χ0n) is 21.4. The highest BCUT2D eigenvalue weighted by molar-refractivity contribution is 5.84. The van der Waals surface area contributed by atoms with E-state index >= 15 is 0 Å². The van der Waals surface area contributed by atoms with Crippen LogP contribution in [0, 0.1) is 10.1 Å². The van der Waals surface area contributed by atoms with Crippen LogP contribution in [-0.2, 0) is 26.5 Å². The highest BCUT2D eigenvalue weighted by Gasteiger charge is 2.51. The van der Waals surface area contributed by atoms with Crippen molar-refractivity contribution in [3.05, 3.63) is 130 Å². The predicted octanol–water partition coefficient (Wildman–Crippen LogP) is 5.75. The van der Waals surface area contributed by atoms with E-state index in [9.17, 15) is 20.0 Å². The molecule has 0 bridgehead atoms. The van der Waals surface area contributed by atoms with Gasteiger partial charge in [-0.15, -0.1) is 0 Å². The number of esters is 1. The van der Waals surface area contributed by atoms with E-state index in [2.05, 4.69) is 5.32 Å². The highest BCUT2D eigenvalue weighted by atomic mass is 16.6. The number of carbonyl (C=O) groups excluding carboxylic acids is 1. The fraction of sp³-hybridized carbons (Fsp3) is 0.167. The maximum Gasteiger partial charge on any atom is 0.345 e. The van der Waals surface area contributed by atoms with Crippen molar-refractivity contribution in [2.75, 3.05) is 19.5 Å². The molecule has 4 aromatic rings. The zero-order chi connectivity index (χ0) is 27.8. The molecule has 9 nitrogen and oxygen atoms in total. The summed E-state index contributed by atoms with van der Waals surface area (Å²) in [7, 11) is 2.84. The van der Waals surface area contributed by atoms with E-state index in [1.54, 1.807) is 86.0 Å². The monoisotopic (exact) mass is 528 g/mol. The molecule has 4 aromatic carbocycles. The van der Waals surface area contributed by atoms with E-state index in [1.165, 1.54) is 25.3 Å². The molecule has 0 aliphatic heterocycles. The van der Waals surface area contributed by atoms with Crippen LogP contribution in [-0.4, -0.2) is 30.2 Å². The molecule has 0 saturated carbocycles. The summed E-state index contributed by atoms with van der Waals surface area (Å²) in [5.41, 5.74) is 0.328. The van der Waals surface area contributed by atoms with Crippen LogP contribution in [0.5, 0.6) is 11.5 Å². The average Bonchev–Trinajstić information content (AvgIpc) is 2.98. The quantitative estimate of drug-likeness (QED) is 0.109. The molecule has 0 saturated heterocycles. The number of nitro benzene ring substituents is 1. The van der Waals surface area contributed by atoms with E-state index in [0.29, 0.717) is 28.1 Å². The summed E-state index contributed by atoms with van der Waals surface area (Å²) in [4.78, 5) is 24.5. The summed E-state index contributed by atoms with van der Waals surface area (Å²) in [6.45, 7) is -0.0723. The molecular formula is C30H28N2O7. The Hall–Kier alpha value is -4.89. The molecule has 0 heterocycles. The molecule has 0 unspecified atom stereocenters. The van der Waals surface area contributed by atoms with E-state index < -0.39 is 22.5 Å². The molecule has 0 fully saturated rings. The van der Waals surface area contributed by atoms with Crippen LogP contribution in [0.4, 0.5) is 11.4 Å². The fourth-order valence-corrected chi connectivity index (χ4v) is 4.34. The lowest BCUT2D eigenvalue weighted by Crippen LogP contribution is -2.48. The van der Waals surface area contributed by atoms with E-state index in [1.807, 2.05) is 6.07 Å². The third-order valence-electron chi connectivity index (χ3n) is 6.36. The number of methoxy groups -OCH3 is 2. The number of benzene rings is 4. The fourth-order valence-electron chi connectivity index (χ4n) is 4.34. The van der Waals surface area contributed by atoms with Gasteiger partial charge in [0.05, 0.1) is 37.5 Å². The number of para-hydroxylation sites is 2. The Morgan fingerprint density at radius 2 is 1.56 bits per heavy atom. The first kappa shape index (κ1) is 27.2. The molecule has 0 aliphatic carbocycles. The lowest BCUT2D eigenvalue weighted by Gasteiger charge is -2.39. The molecule has 200 valence electrons. The van der Waals surface area contributed by atoms with Gasteiger partial charge < -0.3 is 24.6 Å². The number of hydrogen-bond donors (Lipinski definition) is 2. The van der Waals surface area contributed by atoms with Gasteiger partial charge in [0.2, 0.25) is 5.60 Å². The van der Waals surface area contributed by atoms with Gasteiger partial charge in [-0.05, 0) is 53.1 Å². The SMILES string of the molecule is COC(=O)[C@](OCc1ccc([N+](=O)[O-])cc1)(c1ccccc1)[C@@H](Nc1ccccc1O)c1ccc(OC)cc1. The maximum atomic E-state index is 13.8. The first-order chi connectivity index (χ1) is 18.9. The molecular weight excluding hydrogens is 500 g/mol. The van der Waals surface area contributed by atoms with Crippen LogP contribution in [0.1, 0.15) is 22.7 Å². The second-order valence-electron chi connectivity index (χ2n) is 8.67. The van der Waals surface area contributed by atoms with Crippen LogP contribution in [0.2, 0.25) is 0 Å². The first-order valence-corrected chi connectivity index (χ1v) is 12.1. The Labute approximate surface area is 225 Å². The van der Waals surface area contributed by atoms with Gasteiger partial charge in [-0.3, -0.25) is 10.1 Å². The standard InChI is InChI=1S/C30H28N2O7/c1-37-25-18-14-22(15-19-25)28(31-26-10-6-7-11-27(26)33)30(29(34)38-2,23-8-4-3-5-9-23)39-20-21-12-16-24(17-13-21)32(35)36/h3-19,28,31,33H,20H2,1-2H3/t28-,30-/m0/s1. The molecule has 4 rings (SSSR count). The molecule has 9 heteroatoms. The number of non-ortho nitro benzene ring substituents is 1. The van der Waals surface area contributed by atoms with E-state index in [0.717, 1.165) is 0 Å². The molecule has 0 amide bonds. The number of anilines is 1. The average molecular weight is 529 g/mol. The number of phenols is 1. The second-order valence-corrected chi connectivity index (χ2v) is 8.67. The maximum absolute atomic E-state index is 13.8. The minimum Gasteiger partial charge on any atom is -0.506 e. The lowest BCUT2D eigenvalue weighted by molar-refractivity contribution is -0.384. The smallest absolute Gasteiger partial charge is 0.345 e. The number of hydrogen-bond acceptors (Lipinski definition) is 8. The third kappa shape index (κ3) is 5.83. The summed E-state index contributed by atoms with van der Waals surface area (Å²) in [5, 5.41) is 25.0. The van der Waals surface area contributed by atoms with Crippen molar-refractivity contribution < 1.29 is 29.0 Å². The number of aromatic hydroxyl groups is 1.